The van der Waals surface area contributed by atoms with Crippen LogP contribution in [0, 0.1) is 21.7 Å². The number of halogens is 2. The van der Waals surface area contributed by atoms with Crippen LogP contribution in [0.4, 0.5) is 14.5 Å². The van der Waals surface area contributed by atoms with E-state index >= 15 is 0 Å². The molecule has 0 heterocycles. The van der Waals surface area contributed by atoms with E-state index in [1.54, 1.807) is 0 Å². The molecule has 0 aliphatic heterocycles. The first-order valence-corrected chi connectivity index (χ1v) is 4.48. The molecule has 0 aromatic heterocycles. The number of rotatable bonds is 4. The van der Waals surface area contributed by atoms with Gasteiger partial charge in [-0.3, -0.25) is 10.1 Å². The molecule has 0 saturated carbocycles. The number of aliphatic hydroxyl groups excluding tert-OH is 3. The van der Waals surface area contributed by atoms with Crippen LogP contribution in [0.15, 0.2) is 12.1 Å². The van der Waals surface area contributed by atoms with Crippen LogP contribution in [0.3, 0.4) is 0 Å². The monoisotopic (exact) mass is 249 g/mol. The third-order valence-corrected chi connectivity index (χ3v) is 2.11. The van der Waals surface area contributed by atoms with Crippen LogP contribution in [0.2, 0.25) is 0 Å². The van der Waals surface area contributed by atoms with Gasteiger partial charge in [-0.05, 0) is 6.07 Å². The Labute approximate surface area is 93.9 Å². The van der Waals surface area contributed by atoms with Crippen LogP contribution < -0.4 is 0 Å². The van der Waals surface area contributed by atoms with E-state index in [4.69, 9.17) is 10.2 Å². The molecule has 1 rings (SSSR count). The Morgan fingerprint density at radius 1 is 1.35 bits per heavy atom. The summed E-state index contributed by atoms with van der Waals surface area (Å²) in [6, 6.07) is 0.824. The predicted molar refractivity (Wildman–Crippen MR) is 51.1 cm³/mol. The lowest BCUT2D eigenvalue weighted by Gasteiger charge is -2.16. The first kappa shape index (κ1) is 13.4. The summed E-state index contributed by atoms with van der Waals surface area (Å²) in [6.45, 7) is -0.906. The quantitative estimate of drug-likeness (QED) is 0.524. The molecule has 2 unspecified atom stereocenters. The Kier molecular flexibility index (Phi) is 4.05. The molecule has 0 aliphatic carbocycles. The maximum Gasteiger partial charge on any atom is 0.310 e. The van der Waals surface area contributed by atoms with Crippen molar-refractivity contribution in [3.63, 3.8) is 0 Å². The highest BCUT2D eigenvalue weighted by Crippen LogP contribution is 2.30. The molecule has 0 spiro atoms. The third-order valence-electron chi connectivity index (χ3n) is 2.11. The van der Waals surface area contributed by atoms with Gasteiger partial charge in [-0.1, -0.05) is 0 Å². The number of hydrogen-bond donors (Lipinski definition) is 3. The average molecular weight is 249 g/mol. The summed E-state index contributed by atoms with van der Waals surface area (Å²) in [6.07, 6.45) is -3.72. The van der Waals surface area contributed by atoms with E-state index in [-0.39, 0.29) is 0 Å². The van der Waals surface area contributed by atoms with Crippen molar-refractivity contribution in [3.05, 3.63) is 39.4 Å². The van der Waals surface area contributed by atoms with Crippen LogP contribution in [-0.2, 0) is 0 Å². The van der Waals surface area contributed by atoms with Crippen molar-refractivity contribution < 1.29 is 29.0 Å². The lowest BCUT2D eigenvalue weighted by molar-refractivity contribution is -0.389. The third kappa shape index (κ3) is 2.73. The standard InChI is InChI=1S/C9H9F2NO5/c10-4-1-5(9(15)7(14)3-13)8(12(16)17)6(11)2-4/h1-2,7,9,13-15H,3H2. The van der Waals surface area contributed by atoms with Gasteiger partial charge >= 0.3 is 5.69 Å². The normalized spacial score (nSPS) is 14.4. The number of nitro groups is 1. The number of nitro benzene ring substituents is 1. The van der Waals surface area contributed by atoms with Crippen LogP contribution in [0.1, 0.15) is 11.7 Å². The smallest absolute Gasteiger partial charge is 0.310 e. The highest BCUT2D eigenvalue weighted by atomic mass is 19.1. The molecule has 0 bridgehead atoms. The van der Waals surface area contributed by atoms with Crippen molar-refractivity contribution in [1.82, 2.24) is 0 Å². The molecule has 8 heteroatoms. The van der Waals surface area contributed by atoms with E-state index in [9.17, 15) is 24.0 Å². The fourth-order valence-electron chi connectivity index (χ4n) is 1.31. The molecular weight excluding hydrogens is 240 g/mol. The van der Waals surface area contributed by atoms with E-state index in [0.717, 1.165) is 0 Å². The molecule has 1 aromatic rings. The number of nitrogens with zero attached hydrogens (tertiary/aromatic N) is 1. The van der Waals surface area contributed by atoms with Crippen molar-refractivity contribution >= 4 is 5.69 Å². The van der Waals surface area contributed by atoms with E-state index in [0.29, 0.717) is 12.1 Å². The second kappa shape index (κ2) is 5.13. The van der Waals surface area contributed by atoms with E-state index in [2.05, 4.69) is 0 Å². The van der Waals surface area contributed by atoms with Crippen LogP contribution >= 0.6 is 0 Å². The van der Waals surface area contributed by atoms with Gasteiger partial charge in [0.2, 0.25) is 5.82 Å². The second-order valence-corrected chi connectivity index (χ2v) is 3.28. The first-order chi connectivity index (χ1) is 7.88. The van der Waals surface area contributed by atoms with Crippen molar-refractivity contribution in [1.29, 1.82) is 0 Å². The Balaban J connectivity index is 3.35. The lowest BCUT2D eigenvalue weighted by atomic mass is 10.0. The van der Waals surface area contributed by atoms with Gasteiger partial charge in [-0.15, -0.1) is 0 Å². The summed E-state index contributed by atoms with van der Waals surface area (Å²) in [7, 11) is 0. The Bertz CT molecular complexity index is 440. The zero-order valence-electron chi connectivity index (χ0n) is 8.38. The minimum absolute atomic E-state index is 0.291. The molecule has 1 aromatic carbocycles. The summed E-state index contributed by atoms with van der Waals surface area (Å²) in [5, 5.41) is 37.6. The Hall–Kier alpha value is -1.64. The van der Waals surface area contributed by atoms with Crippen molar-refractivity contribution in [2.24, 2.45) is 0 Å². The highest BCUT2D eigenvalue weighted by Gasteiger charge is 2.30. The van der Waals surface area contributed by atoms with E-state index < -0.39 is 46.6 Å². The molecule has 6 nitrogen and oxygen atoms in total. The summed E-state index contributed by atoms with van der Waals surface area (Å²) in [5.41, 5.74) is -1.86. The predicted octanol–water partition coefficient (Wildman–Crippen LogP) is 0.260. The molecule has 2 atom stereocenters. The molecule has 94 valence electrons. The van der Waals surface area contributed by atoms with Gasteiger partial charge < -0.3 is 15.3 Å². The van der Waals surface area contributed by atoms with Gasteiger partial charge in [0.05, 0.1) is 17.1 Å². The fraction of sp³-hybridized carbons (Fsp3) is 0.333. The maximum atomic E-state index is 13.2. The summed E-state index contributed by atoms with van der Waals surface area (Å²) in [5.74, 6) is -2.60. The molecule has 0 saturated heterocycles. The fourth-order valence-corrected chi connectivity index (χ4v) is 1.31. The Morgan fingerprint density at radius 3 is 2.41 bits per heavy atom. The first-order valence-electron chi connectivity index (χ1n) is 4.48. The van der Waals surface area contributed by atoms with Crippen LogP contribution in [0.25, 0.3) is 0 Å². The van der Waals surface area contributed by atoms with Gasteiger partial charge in [0, 0.05) is 6.07 Å². The molecule has 17 heavy (non-hydrogen) atoms. The molecule has 0 aliphatic rings. The van der Waals surface area contributed by atoms with E-state index in [1.165, 1.54) is 0 Å². The summed E-state index contributed by atoms with van der Waals surface area (Å²) < 4.78 is 26.0. The second-order valence-electron chi connectivity index (χ2n) is 3.28. The van der Waals surface area contributed by atoms with Crippen molar-refractivity contribution in [3.8, 4) is 0 Å². The minimum Gasteiger partial charge on any atom is -0.394 e. The zero-order chi connectivity index (χ0) is 13.2. The minimum atomic E-state index is -1.95. The number of benzene rings is 1. The molecule has 0 radical (unpaired) electrons. The maximum absolute atomic E-state index is 13.2. The van der Waals surface area contributed by atoms with Crippen molar-refractivity contribution in [2.45, 2.75) is 12.2 Å². The number of aliphatic hydroxyl groups is 3. The summed E-state index contributed by atoms with van der Waals surface area (Å²) >= 11 is 0. The largest absolute Gasteiger partial charge is 0.394 e. The van der Waals surface area contributed by atoms with Crippen LogP contribution in [-0.4, -0.2) is 33.0 Å². The zero-order valence-corrected chi connectivity index (χ0v) is 8.38. The number of hydrogen-bond acceptors (Lipinski definition) is 5. The molecule has 0 amide bonds. The van der Waals surface area contributed by atoms with Crippen LogP contribution in [0.5, 0.6) is 0 Å². The highest BCUT2D eigenvalue weighted by molar-refractivity contribution is 5.43. The average Bonchev–Trinajstić information content (AvgIpc) is 2.25. The van der Waals surface area contributed by atoms with Gasteiger partial charge in [0.1, 0.15) is 18.0 Å². The van der Waals surface area contributed by atoms with Crippen molar-refractivity contribution in [2.75, 3.05) is 6.61 Å². The molecule has 3 N–H and O–H groups in total. The van der Waals surface area contributed by atoms with E-state index in [1.807, 2.05) is 0 Å². The molecule has 0 fully saturated rings. The molecular formula is C9H9F2NO5. The SMILES string of the molecule is O=[N+]([O-])c1c(F)cc(F)cc1C(O)C(O)CO. The van der Waals surface area contributed by atoms with Gasteiger partial charge in [0.15, 0.2) is 0 Å². The summed E-state index contributed by atoms with van der Waals surface area (Å²) in [4.78, 5) is 9.42. The lowest BCUT2D eigenvalue weighted by Crippen LogP contribution is -2.23. The van der Waals surface area contributed by atoms with Gasteiger partial charge in [-0.25, -0.2) is 4.39 Å². The topological polar surface area (TPSA) is 104 Å². The van der Waals surface area contributed by atoms with Gasteiger partial charge in [0.25, 0.3) is 0 Å². The van der Waals surface area contributed by atoms with Gasteiger partial charge in [-0.2, -0.15) is 4.39 Å². The Morgan fingerprint density at radius 2 is 1.94 bits per heavy atom.